The Morgan fingerprint density at radius 3 is 2.83 bits per heavy atom. The van der Waals surface area contributed by atoms with E-state index in [1.807, 2.05) is 41.9 Å². The molecule has 2 aromatic rings. The average Bonchev–Trinajstić information content (AvgIpc) is 2.81. The Morgan fingerprint density at radius 1 is 1.39 bits per heavy atom. The molecule has 0 saturated carbocycles. The molecule has 1 aromatic heterocycles. The van der Waals surface area contributed by atoms with E-state index in [9.17, 15) is 5.11 Å². The molecule has 0 aliphatic rings. The van der Waals surface area contributed by atoms with Crippen molar-refractivity contribution in [3.05, 3.63) is 36.7 Å². The van der Waals surface area contributed by atoms with Gasteiger partial charge in [-0.2, -0.15) is 0 Å². The number of aryl methyl sites for hydroxylation is 1. The van der Waals surface area contributed by atoms with Crippen LogP contribution in [0.3, 0.4) is 0 Å². The van der Waals surface area contributed by atoms with E-state index in [1.165, 1.54) is 11.8 Å². The highest BCUT2D eigenvalue weighted by Crippen LogP contribution is 2.15. The van der Waals surface area contributed by atoms with Crippen LogP contribution < -0.4 is 4.74 Å². The lowest BCUT2D eigenvalue weighted by Gasteiger charge is -2.11. The SMILES string of the molecule is Cn1cnnc1SC[C@H](O)COc1ccccc1. The molecule has 1 N–H and O–H groups in total. The van der Waals surface area contributed by atoms with Gasteiger partial charge in [0.15, 0.2) is 5.16 Å². The zero-order chi connectivity index (χ0) is 12.8. The molecule has 0 saturated heterocycles. The van der Waals surface area contributed by atoms with E-state index in [0.29, 0.717) is 5.75 Å². The standard InChI is InChI=1S/C12H15N3O2S/c1-15-9-13-14-12(15)18-8-10(16)7-17-11-5-3-2-4-6-11/h2-6,9-10,16H,7-8H2,1H3/t10-/m1/s1. The summed E-state index contributed by atoms with van der Waals surface area (Å²) in [6, 6.07) is 9.45. The molecule has 0 aliphatic carbocycles. The normalized spacial score (nSPS) is 12.3. The quantitative estimate of drug-likeness (QED) is 0.799. The highest BCUT2D eigenvalue weighted by atomic mass is 32.2. The van der Waals surface area contributed by atoms with Crippen LogP contribution in [0.2, 0.25) is 0 Å². The van der Waals surface area contributed by atoms with Crippen LogP contribution in [-0.2, 0) is 7.05 Å². The Bertz CT molecular complexity index is 475. The zero-order valence-electron chi connectivity index (χ0n) is 10.1. The van der Waals surface area contributed by atoms with Gasteiger partial charge in [0.2, 0.25) is 0 Å². The topological polar surface area (TPSA) is 60.2 Å². The number of hydrogen-bond donors (Lipinski definition) is 1. The second kappa shape index (κ2) is 6.42. The van der Waals surface area contributed by atoms with Crippen LogP contribution in [0, 0.1) is 0 Å². The van der Waals surface area contributed by atoms with Gasteiger partial charge in [-0.3, -0.25) is 0 Å². The first-order valence-electron chi connectivity index (χ1n) is 5.58. The summed E-state index contributed by atoms with van der Waals surface area (Å²) in [7, 11) is 1.87. The van der Waals surface area contributed by atoms with E-state index in [2.05, 4.69) is 10.2 Å². The molecule has 0 aliphatic heterocycles. The molecule has 18 heavy (non-hydrogen) atoms. The van der Waals surface area contributed by atoms with E-state index in [4.69, 9.17) is 4.74 Å². The smallest absolute Gasteiger partial charge is 0.190 e. The molecular weight excluding hydrogens is 250 g/mol. The van der Waals surface area contributed by atoms with Gasteiger partial charge in [-0.05, 0) is 12.1 Å². The zero-order valence-corrected chi connectivity index (χ0v) is 10.9. The number of aliphatic hydroxyl groups is 1. The molecule has 0 spiro atoms. The number of ether oxygens (including phenoxy) is 1. The van der Waals surface area contributed by atoms with Gasteiger partial charge >= 0.3 is 0 Å². The lowest BCUT2D eigenvalue weighted by Crippen LogP contribution is -2.20. The summed E-state index contributed by atoms with van der Waals surface area (Å²) >= 11 is 1.46. The molecular formula is C12H15N3O2S. The number of aromatic nitrogens is 3. The molecule has 0 fully saturated rings. The van der Waals surface area contributed by atoms with E-state index >= 15 is 0 Å². The number of benzene rings is 1. The number of nitrogens with zero attached hydrogens (tertiary/aromatic N) is 3. The third-order valence-corrected chi connectivity index (χ3v) is 3.44. The predicted octanol–water partition coefficient (Wildman–Crippen LogP) is 1.35. The van der Waals surface area contributed by atoms with E-state index in [-0.39, 0.29) is 6.61 Å². The fourth-order valence-corrected chi connectivity index (χ4v) is 2.12. The maximum Gasteiger partial charge on any atom is 0.190 e. The average molecular weight is 265 g/mol. The lowest BCUT2D eigenvalue weighted by molar-refractivity contribution is 0.126. The summed E-state index contributed by atoms with van der Waals surface area (Å²) in [6.45, 7) is 0.273. The van der Waals surface area contributed by atoms with Gasteiger partial charge < -0.3 is 14.4 Å². The minimum Gasteiger partial charge on any atom is -0.491 e. The number of hydrogen-bond acceptors (Lipinski definition) is 5. The highest BCUT2D eigenvalue weighted by molar-refractivity contribution is 7.99. The lowest BCUT2D eigenvalue weighted by atomic mass is 10.3. The highest BCUT2D eigenvalue weighted by Gasteiger charge is 2.09. The van der Waals surface area contributed by atoms with Crippen molar-refractivity contribution in [2.24, 2.45) is 7.05 Å². The molecule has 5 nitrogen and oxygen atoms in total. The van der Waals surface area contributed by atoms with Crippen molar-refractivity contribution in [2.45, 2.75) is 11.3 Å². The van der Waals surface area contributed by atoms with Crippen LogP contribution in [-0.4, -0.2) is 38.3 Å². The Morgan fingerprint density at radius 2 is 2.17 bits per heavy atom. The Labute approximate surface area is 110 Å². The van der Waals surface area contributed by atoms with Crippen LogP contribution in [0.5, 0.6) is 5.75 Å². The maximum atomic E-state index is 9.80. The van der Waals surface area contributed by atoms with Crippen LogP contribution in [0.1, 0.15) is 0 Å². The Balaban J connectivity index is 1.73. The maximum absolute atomic E-state index is 9.80. The molecule has 1 atom stereocenters. The van der Waals surface area contributed by atoms with Crippen LogP contribution in [0.4, 0.5) is 0 Å². The van der Waals surface area contributed by atoms with Crippen molar-refractivity contribution in [3.8, 4) is 5.75 Å². The molecule has 0 radical (unpaired) electrons. The second-order valence-corrected chi connectivity index (χ2v) is 4.80. The summed E-state index contributed by atoms with van der Waals surface area (Å²) in [5, 5.41) is 18.3. The van der Waals surface area contributed by atoms with Gasteiger partial charge in [0.05, 0.1) is 6.10 Å². The summed E-state index contributed by atoms with van der Waals surface area (Å²) in [5.74, 6) is 1.29. The third-order valence-electron chi connectivity index (χ3n) is 2.26. The molecule has 0 bridgehead atoms. The van der Waals surface area contributed by atoms with Gasteiger partial charge in [0, 0.05) is 12.8 Å². The van der Waals surface area contributed by atoms with Crippen molar-refractivity contribution in [3.63, 3.8) is 0 Å². The minimum atomic E-state index is -0.535. The van der Waals surface area contributed by atoms with Crippen LogP contribution in [0.25, 0.3) is 0 Å². The monoisotopic (exact) mass is 265 g/mol. The Hall–Kier alpha value is -1.53. The minimum absolute atomic E-state index is 0.273. The molecule has 1 aromatic carbocycles. The van der Waals surface area contributed by atoms with Crippen LogP contribution in [0.15, 0.2) is 41.8 Å². The van der Waals surface area contributed by atoms with Crippen molar-refractivity contribution in [2.75, 3.05) is 12.4 Å². The van der Waals surface area contributed by atoms with Crippen molar-refractivity contribution in [1.82, 2.24) is 14.8 Å². The van der Waals surface area contributed by atoms with E-state index in [0.717, 1.165) is 10.9 Å². The van der Waals surface area contributed by atoms with E-state index < -0.39 is 6.10 Å². The molecule has 96 valence electrons. The van der Waals surface area contributed by atoms with E-state index in [1.54, 1.807) is 6.33 Å². The number of aliphatic hydroxyl groups excluding tert-OH is 1. The largest absolute Gasteiger partial charge is 0.491 e. The summed E-state index contributed by atoms with van der Waals surface area (Å²) in [4.78, 5) is 0. The first kappa shape index (κ1) is 12.9. The first-order valence-corrected chi connectivity index (χ1v) is 6.57. The number of rotatable bonds is 6. The van der Waals surface area contributed by atoms with Gasteiger partial charge in [-0.15, -0.1) is 10.2 Å². The molecule has 0 unspecified atom stereocenters. The van der Waals surface area contributed by atoms with Gasteiger partial charge in [-0.1, -0.05) is 30.0 Å². The van der Waals surface area contributed by atoms with Crippen LogP contribution >= 0.6 is 11.8 Å². The van der Waals surface area contributed by atoms with Crippen molar-refractivity contribution < 1.29 is 9.84 Å². The van der Waals surface area contributed by atoms with Crippen molar-refractivity contribution >= 4 is 11.8 Å². The van der Waals surface area contributed by atoms with Gasteiger partial charge in [0.25, 0.3) is 0 Å². The second-order valence-electron chi connectivity index (χ2n) is 3.81. The molecule has 1 heterocycles. The molecule has 0 amide bonds. The fraction of sp³-hybridized carbons (Fsp3) is 0.333. The third kappa shape index (κ3) is 3.75. The fourth-order valence-electron chi connectivity index (χ4n) is 1.33. The summed E-state index contributed by atoms with van der Waals surface area (Å²) in [6.07, 6.45) is 1.10. The Kier molecular flexibility index (Phi) is 4.60. The molecule has 2 rings (SSSR count). The van der Waals surface area contributed by atoms with Gasteiger partial charge in [0.1, 0.15) is 18.7 Å². The summed E-state index contributed by atoms with van der Waals surface area (Å²) in [5.41, 5.74) is 0. The van der Waals surface area contributed by atoms with Crippen molar-refractivity contribution in [1.29, 1.82) is 0 Å². The summed E-state index contributed by atoms with van der Waals surface area (Å²) < 4.78 is 7.28. The van der Waals surface area contributed by atoms with Gasteiger partial charge in [-0.25, -0.2) is 0 Å². The predicted molar refractivity (Wildman–Crippen MR) is 69.7 cm³/mol. The molecule has 6 heteroatoms. The number of thioether (sulfide) groups is 1. The number of para-hydroxylation sites is 1. The first-order chi connectivity index (χ1) is 8.75.